The van der Waals surface area contributed by atoms with E-state index < -0.39 is 0 Å². The Morgan fingerprint density at radius 2 is 2.12 bits per heavy atom. The molecule has 1 saturated heterocycles. The Hall–Kier alpha value is -0.640. The summed E-state index contributed by atoms with van der Waals surface area (Å²) in [5.74, 6) is 0. The molecule has 0 radical (unpaired) electrons. The fourth-order valence-electron chi connectivity index (χ4n) is 2.02. The van der Waals surface area contributed by atoms with Crippen LogP contribution < -0.4 is 0 Å². The predicted molar refractivity (Wildman–Crippen MR) is 66.6 cm³/mol. The molecule has 1 aliphatic heterocycles. The first kappa shape index (κ1) is 11.8. The fraction of sp³-hybridized carbons (Fsp3) is 0.583. The quantitative estimate of drug-likeness (QED) is 0.735. The SMILES string of the molecule is CN1CCCN(Cc2ccc(Cl)nc2)CC1. The molecule has 1 aliphatic rings. The largest absolute Gasteiger partial charge is 0.305 e. The lowest BCUT2D eigenvalue weighted by molar-refractivity contribution is 0.269. The summed E-state index contributed by atoms with van der Waals surface area (Å²) in [6.07, 6.45) is 3.12. The number of hydrogen-bond donors (Lipinski definition) is 0. The maximum absolute atomic E-state index is 5.77. The standard InChI is InChI=1S/C12H18ClN3/c1-15-5-2-6-16(8-7-15)10-11-3-4-12(13)14-9-11/h3-4,9H,2,5-8,10H2,1H3. The van der Waals surface area contributed by atoms with Gasteiger partial charge in [0.2, 0.25) is 0 Å². The van der Waals surface area contributed by atoms with E-state index in [4.69, 9.17) is 11.6 Å². The average Bonchev–Trinajstić information content (AvgIpc) is 2.47. The lowest BCUT2D eigenvalue weighted by Crippen LogP contribution is -2.28. The number of nitrogens with zero attached hydrogens (tertiary/aromatic N) is 3. The Bertz CT molecular complexity index is 326. The molecule has 3 nitrogen and oxygen atoms in total. The molecular formula is C12H18ClN3. The van der Waals surface area contributed by atoms with Crippen molar-refractivity contribution in [3.05, 3.63) is 29.0 Å². The summed E-state index contributed by atoms with van der Waals surface area (Å²) in [5.41, 5.74) is 1.24. The molecule has 0 aromatic carbocycles. The van der Waals surface area contributed by atoms with Crippen molar-refractivity contribution in [2.24, 2.45) is 0 Å². The van der Waals surface area contributed by atoms with Gasteiger partial charge in [-0.25, -0.2) is 4.98 Å². The van der Waals surface area contributed by atoms with Crippen LogP contribution in [0.2, 0.25) is 5.15 Å². The van der Waals surface area contributed by atoms with Gasteiger partial charge in [-0.3, -0.25) is 4.90 Å². The molecule has 0 saturated carbocycles. The lowest BCUT2D eigenvalue weighted by atomic mass is 10.2. The Morgan fingerprint density at radius 1 is 1.25 bits per heavy atom. The summed E-state index contributed by atoms with van der Waals surface area (Å²) in [6, 6.07) is 3.92. The Morgan fingerprint density at radius 3 is 2.88 bits per heavy atom. The molecule has 0 amide bonds. The molecule has 0 unspecified atom stereocenters. The maximum Gasteiger partial charge on any atom is 0.129 e. The first-order chi connectivity index (χ1) is 7.74. The first-order valence-electron chi connectivity index (χ1n) is 5.75. The van der Waals surface area contributed by atoms with Crippen LogP contribution in [0.5, 0.6) is 0 Å². The van der Waals surface area contributed by atoms with Crippen molar-refractivity contribution in [1.29, 1.82) is 0 Å². The third-order valence-electron chi connectivity index (χ3n) is 3.01. The highest BCUT2D eigenvalue weighted by Gasteiger charge is 2.12. The lowest BCUT2D eigenvalue weighted by Gasteiger charge is -2.19. The smallest absolute Gasteiger partial charge is 0.129 e. The van der Waals surface area contributed by atoms with E-state index in [-0.39, 0.29) is 0 Å². The highest BCUT2D eigenvalue weighted by Crippen LogP contribution is 2.10. The van der Waals surface area contributed by atoms with E-state index >= 15 is 0 Å². The van der Waals surface area contributed by atoms with Gasteiger partial charge in [0.05, 0.1) is 0 Å². The Kier molecular flexibility index (Phi) is 4.16. The molecule has 1 aromatic heterocycles. The molecule has 4 heteroatoms. The molecule has 0 N–H and O–H groups in total. The van der Waals surface area contributed by atoms with Crippen molar-refractivity contribution < 1.29 is 0 Å². The van der Waals surface area contributed by atoms with Crippen LogP contribution in [0.1, 0.15) is 12.0 Å². The third-order valence-corrected chi connectivity index (χ3v) is 3.23. The summed E-state index contributed by atoms with van der Waals surface area (Å²) in [7, 11) is 2.19. The second kappa shape index (κ2) is 5.62. The zero-order valence-electron chi connectivity index (χ0n) is 9.69. The molecule has 88 valence electrons. The number of aromatic nitrogens is 1. The van der Waals surface area contributed by atoms with Gasteiger partial charge in [0.1, 0.15) is 5.15 Å². The van der Waals surface area contributed by atoms with Gasteiger partial charge in [0.15, 0.2) is 0 Å². The van der Waals surface area contributed by atoms with Crippen molar-refractivity contribution >= 4 is 11.6 Å². The summed E-state index contributed by atoms with van der Waals surface area (Å²) < 4.78 is 0. The normalized spacial score (nSPS) is 19.6. The molecule has 2 heterocycles. The zero-order valence-corrected chi connectivity index (χ0v) is 10.5. The highest BCUT2D eigenvalue weighted by atomic mass is 35.5. The Labute approximate surface area is 102 Å². The van der Waals surface area contributed by atoms with Crippen molar-refractivity contribution in [2.45, 2.75) is 13.0 Å². The van der Waals surface area contributed by atoms with Crippen LogP contribution in [0.3, 0.4) is 0 Å². The number of halogens is 1. The van der Waals surface area contributed by atoms with Crippen molar-refractivity contribution in [3.8, 4) is 0 Å². The molecule has 0 aliphatic carbocycles. The van der Waals surface area contributed by atoms with Crippen LogP contribution in [-0.4, -0.2) is 48.0 Å². The van der Waals surface area contributed by atoms with Crippen LogP contribution in [0.25, 0.3) is 0 Å². The van der Waals surface area contributed by atoms with E-state index in [0.717, 1.165) is 19.6 Å². The molecular weight excluding hydrogens is 222 g/mol. The topological polar surface area (TPSA) is 19.4 Å². The highest BCUT2D eigenvalue weighted by molar-refractivity contribution is 6.29. The summed E-state index contributed by atoms with van der Waals surface area (Å²) in [4.78, 5) is 8.98. The van der Waals surface area contributed by atoms with Crippen LogP contribution in [-0.2, 0) is 6.54 Å². The van der Waals surface area contributed by atoms with E-state index in [2.05, 4.69) is 27.9 Å². The van der Waals surface area contributed by atoms with Gasteiger partial charge in [0, 0.05) is 25.8 Å². The fourth-order valence-corrected chi connectivity index (χ4v) is 2.13. The summed E-state index contributed by atoms with van der Waals surface area (Å²) in [6.45, 7) is 5.65. The monoisotopic (exact) mass is 239 g/mol. The maximum atomic E-state index is 5.77. The first-order valence-corrected chi connectivity index (χ1v) is 6.13. The third kappa shape index (κ3) is 3.44. The van der Waals surface area contributed by atoms with Crippen LogP contribution in [0, 0.1) is 0 Å². The van der Waals surface area contributed by atoms with Crippen molar-refractivity contribution in [3.63, 3.8) is 0 Å². The summed E-state index contributed by atoms with van der Waals surface area (Å²) in [5, 5.41) is 0.569. The van der Waals surface area contributed by atoms with E-state index in [1.807, 2.05) is 12.3 Å². The minimum absolute atomic E-state index is 0.569. The predicted octanol–water partition coefficient (Wildman–Crippen LogP) is 1.87. The number of hydrogen-bond acceptors (Lipinski definition) is 3. The minimum Gasteiger partial charge on any atom is -0.305 e. The molecule has 16 heavy (non-hydrogen) atoms. The van der Waals surface area contributed by atoms with Gasteiger partial charge in [-0.1, -0.05) is 17.7 Å². The molecule has 0 spiro atoms. The molecule has 0 bridgehead atoms. The van der Waals surface area contributed by atoms with Crippen LogP contribution >= 0.6 is 11.6 Å². The number of pyridine rings is 1. The number of rotatable bonds is 2. The van der Waals surface area contributed by atoms with Crippen molar-refractivity contribution in [2.75, 3.05) is 33.2 Å². The second-order valence-electron chi connectivity index (χ2n) is 4.42. The Balaban J connectivity index is 1.91. The summed E-state index contributed by atoms with van der Waals surface area (Å²) >= 11 is 5.77. The van der Waals surface area contributed by atoms with Gasteiger partial charge < -0.3 is 4.90 Å². The molecule has 1 aromatic rings. The van der Waals surface area contributed by atoms with Gasteiger partial charge in [0.25, 0.3) is 0 Å². The van der Waals surface area contributed by atoms with E-state index in [0.29, 0.717) is 5.15 Å². The molecule has 1 fully saturated rings. The molecule has 2 rings (SSSR count). The van der Waals surface area contributed by atoms with Gasteiger partial charge >= 0.3 is 0 Å². The van der Waals surface area contributed by atoms with Gasteiger partial charge in [-0.05, 0) is 38.2 Å². The van der Waals surface area contributed by atoms with Gasteiger partial charge in [-0.15, -0.1) is 0 Å². The minimum atomic E-state index is 0.569. The van der Waals surface area contributed by atoms with Crippen molar-refractivity contribution in [1.82, 2.24) is 14.8 Å². The molecule has 0 atom stereocenters. The zero-order chi connectivity index (χ0) is 11.4. The number of likely N-dealkylation sites (N-methyl/N-ethyl adjacent to an activating group) is 1. The average molecular weight is 240 g/mol. The van der Waals surface area contributed by atoms with Crippen LogP contribution in [0.15, 0.2) is 18.3 Å². The van der Waals surface area contributed by atoms with Gasteiger partial charge in [-0.2, -0.15) is 0 Å². The van der Waals surface area contributed by atoms with E-state index in [9.17, 15) is 0 Å². The van der Waals surface area contributed by atoms with Crippen LogP contribution in [0.4, 0.5) is 0 Å². The van der Waals surface area contributed by atoms with E-state index in [1.54, 1.807) is 0 Å². The second-order valence-corrected chi connectivity index (χ2v) is 4.81. The van der Waals surface area contributed by atoms with E-state index in [1.165, 1.54) is 25.1 Å².